The summed E-state index contributed by atoms with van der Waals surface area (Å²) in [6.07, 6.45) is 2.50. The minimum Gasteiger partial charge on any atom is -0.350 e. The molecule has 1 aromatic carbocycles. The zero-order valence-corrected chi connectivity index (χ0v) is 11.7. The maximum absolute atomic E-state index is 11.8. The lowest BCUT2D eigenvalue weighted by molar-refractivity contribution is 0.722. The molecule has 0 saturated heterocycles. The Morgan fingerprint density at radius 3 is 2.86 bits per heavy atom. The van der Waals surface area contributed by atoms with Gasteiger partial charge in [0.2, 0.25) is 0 Å². The zero-order valence-electron chi connectivity index (χ0n) is 11.7. The average Bonchev–Trinajstić information content (AvgIpc) is 2.82. The summed E-state index contributed by atoms with van der Waals surface area (Å²) in [7, 11) is 1.71. The number of H-pyrrole nitrogens is 1. The van der Waals surface area contributed by atoms with Crippen LogP contribution in [0, 0.1) is 0 Å². The van der Waals surface area contributed by atoms with Crippen LogP contribution >= 0.6 is 0 Å². The summed E-state index contributed by atoms with van der Waals surface area (Å²) in [5.41, 5.74) is 3.90. The van der Waals surface area contributed by atoms with Crippen molar-refractivity contribution in [2.24, 2.45) is 7.05 Å². The Balaban J connectivity index is 1.82. The quantitative estimate of drug-likeness (QED) is 0.728. The van der Waals surface area contributed by atoms with Gasteiger partial charge in [-0.05, 0) is 17.5 Å². The van der Waals surface area contributed by atoms with Crippen LogP contribution in [-0.2, 0) is 20.0 Å². The van der Waals surface area contributed by atoms with Crippen LogP contribution in [0.3, 0.4) is 0 Å². The highest BCUT2D eigenvalue weighted by Crippen LogP contribution is 2.26. The van der Waals surface area contributed by atoms with E-state index in [1.54, 1.807) is 7.05 Å². The van der Waals surface area contributed by atoms with Gasteiger partial charge in [0.1, 0.15) is 11.8 Å². The van der Waals surface area contributed by atoms with Crippen molar-refractivity contribution < 1.29 is 0 Å². The number of fused-ring (bicyclic) bond motifs is 2. The van der Waals surface area contributed by atoms with Crippen LogP contribution in [-0.4, -0.2) is 26.1 Å². The molecule has 2 aromatic heterocycles. The number of hydrogen-bond donors (Lipinski definition) is 1. The van der Waals surface area contributed by atoms with E-state index in [0.29, 0.717) is 11.2 Å². The standard InChI is InChI=1S/C15H15N5O/c1-19-13-12(18-15(19)21)14(17-9-16-13)20-7-6-10-4-2-3-5-11(10)8-20/h2-5,9H,6-8H2,1H3,(H,18,21). The van der Waals surface area contributed by atoms with Crippen LogP contribution in [0.1, 0.15) is 11.1 Å². The molecule has 4 rings (SSSR count). The normalized spacial score (nSPS) is 14.4. The number of benzene rings is 1. The summed E-state index contributed by atoms with van der Waals surface area (Å²) in [5.74, 6) is 0.798. The second-order valence-corrected chi connectivity index (χ2v) is 5.33. The molecule has 0 spiro atoms. The minimum absolute atomic E-state index is 0.163. The van der Waals surface area contributed by atoms with Gasteiger partial charge in [-0.15, -0.1) is 0 Å². The first-order valence-corrected chi connectivity index (χ1v) is 6.95. The van der Waals surface area contributed by atoms with E-state index in [4.69, 9.17) is 0 Å². The van der Waals surface area contributed by atoms with Crippen LogP contribution in [0.5, 0.6) is 0 Å². The molecule has 21 heavy (non-hydrogen) atoms. The number of imidazole rings is 1. The number of hydrogen-bond acceptors (Lipinski definition) is 4. The minimum atomic E-state index is -0.163. The largest absolute Gasteiger partial charge is 0.350 e. The summed E-state index contributed by atoms with van der Waals surface area (Å²) in [4.78, 5) is 25.4. The van der Waals surface area contributed by atoms with Gasteiger partial charge in [-0.25, -0.2) is 14.8 Å². The van der Waals surface area contributed by atoms with Gasteiger partial charge in [-0.1, -0.05) is 24.3 Å². The molecule has 0 aliphatic carbocycles. The first-order chi connectivity index (χ1) is 10.2. The van der Waals surface area contributed by atoms with E-state index in [2.05, 4.69) is 44.1 Å². The molecule has 1 aliphatic heterocycles. The molecule has 6 heteroatoms. The van der Waals surface area contributed by atoms with Crippen LogP contribution < -0.4 is 10.6 Å². The van der Waals surface area contributed by atoms with Crippen molar-refractivity contribution in [2.75, 3.05) is 11.4 Å². The molecule has 3 heterocycles. The highest BCUT2D eigenvalue weighted by atomic mass is 16.1. The monoisotopic (exact) mass is 281 g/mol. The molecule has 3 aromatic rings. The summed E-state index contributed by atoms with van der Waals surface area (Å²) < 4.78 is 1.51. The molecule has 1 aliphatic rings. The van der Waals surface area contributed by atoms with E-state index in [1.165, 1.54) is 22.0 Å². The van der Waals surface area contributed by atoms with E-state index in [9.17, 15) is 4.79 Å². The van der Waals surface area contributed by atoms with Crippen molar-refractivity contribution in [1.29, 1.82) is 0 Å². The fourth-order valence-electron chi connectivity index (χ4n) is 2.94. The summed E-state index contributed by atoms with van der Waals surface area (Å²) >= 11 is 0. The van der Waals surface area contributed by atoms with Gasteiger partial charge < -0.3 is 9.88 Å². The third-order valence-corrected chi connectivity index (χ3v) is 4.09. The summed E-state index contributed by atoms with van der Waals surface area (Å²) in [6.45, 7) is 1.69. The van der Waals surface area contributed by atoms with Crippen LogP contribution in [0.2, 0.25) is 0 Å². The first kappa shape index (κ1) is 12.1. The Morgan fingerprint density at radius 1 is 1.19 bits per heavy atom. The first-order valence-electron chi connectivity index (χ1n) is 6.95. The number of anilines is 1. The molecule has 1 N–H and O–H groups in total. The lowest BCUT2D eigenvalue weighted by Crippen LogP contribution is -2.31. The van der Waals surface area contributed by atoms with Gasteiger partial charge in [0, 0.05) is 20.1 Å². The maximum atomic E-state index is 11.8. The third-order valence-electron chi connectivity index (χ3n) is 4.09. The molecule has 0 atom stereocenters. The Morgan fingerprint density at radius 2 is 2.00 bits per heavy atom. The van der Waals surface area contributed by atoms with Crippen molar-refractivity contribution >= 4 is 17.0 Å². The summed E-state index contributed by atoms with van der Waals surface area (Å²) in [6, 6.07) is 8.45. The van der Waals surface area contributed by atoms with E-state index in [1.807, 2.05) is 0 Å². The van der Waals surface area contributed by atoms with Crippen molar-refractivity contribution in [3.8, 4) is 0 Å². The Kier molecular flexibility index (Phi) is 2.57. The SMILES string of the molecule is Cn1c(=O)[nH]c2c(N3CCc4ccccc4C3)ncnc21. The van der Waals surface area contributed by atoms with Gasteiger partial charge in [0.15, 0.2) is 11.5 Å². The number of aromatic nitrogens is 4. The van der Waals surface area contributed by atoms with E-state index < -0.39 is 0 Å². The van der Waals surface area contributed by atoms with Gasteiger partial charge in [0.25, 0.3) is 0 Å². The van der Waals surface area contributed by atoms with Crippen LogP contribution in [0.25, 0.3) is 11.2 Å². The molecule has 0 unspecified atom stereocenters. The predicted octanol–water partition coefficient (Wildman–Crippen LogP) is 1.22. The van der Waals surface area contributed by atoms with Gasteiger partial charge >= 0.3 is 5.69 Å². The molecule has 0 fully saturated rings. The Bertz CT molecular complexity index is 879. The molecule has 0 radical (unpaired) electrons. The predicted molar refractivity (Wildman–Crippen MR) is 80.3 cm³/mol. The smallest absolute Gasteiger partial charge is 0.327 e. The van der Waals surface area contributed by atoms with Crippen molar-refractivity contribution in [3.05, 3.63) is 52.2 Å². The average molecular weight is 281 g/mol. The summed E-state index contributed by atoms with van der Waals surface area (Å²) in [5, 5.41) is 0. The zero-order chi connectivity index (χ0) is 14.4. The van der Waals surface area contributed by atoms with Gasteiger partial charge in [-0.2, -0.15) is 0 Å². The number of nitrogens with one attached hydrogen (secondary N) is 1. The molecule has 0 saturated carbocycles. The molecule has 0 bridgehead atoms. The highest BCUT2D eigenvalue weighted by Gasteiger charge is 2.20. The number of aryl methyl sites for hydroxylation is 1. The topological polar surface area (TPSA) is 66.8 Å². The number of nitrogens with zero attached hydrogens (tertiary/aromatic N) is 4. The van der Waals surface area contributed by atoms with E-state index in [-0.39, 0.29) is 5.69 Å². The Hall–Kier alpha value is -2.63. The lowest BCUT2D eigenvalue weighted by Gasteiger charge is -2.29. The Labute approximate surface area is 121 Å². The van der Waals surface area contributed by atoms with E-state index >= 15 is 0 Å². The second kappa shape index (κ2) is 4.44. The van der Waals surface area contributed by atoms with Gasteiger partial charge in [-0.3, -0.25) is 4.57 Å². The molecule has 0 amide bonds. The fourth-order valence-corrected chi connectivity index (χ4v) is 2.94. The van der Waals surface area contributed by atoms with Crippen LogP contribution in [0.4, 0.5) is 5.82 Å². The molecular formula is C15H15N5O. The third kappa shape index (κ3) is 1.83. The van der Waals surface area contributed by atoms with Crippen molar-refractivity contribution in [1.82, 2.24) is 19.5 Å². The highest BCUT2D eigenvalue weighted by molar-refractivity contribution is 5.83. The number of rotatable bonds is 1. The van der Waals surface area contributed by atoms with E-state index in [0.717, 1.165) is 25.3 Å². The molecular weight excluding hydrogens is 266 g/mol. The fraction of sp³-hybridized carbons (Fsp3) is 0.267. The molecule has 106 valence electrons. The maximum Gasteiger partial charge on any atom is 0.327 e. The van der Waals surface area contributed by atoms with Crippen LogP contribution in [0.15, 0.2) is 35.4 Å². The lowest BCUT2D eigenvalue weighted by atomic mass is 10.00. The van der Waals surface area contributed by atoms with Gasteiger partial charge in [0.05, 0.1) is 0 Å². The van der Waals surface area contributed by atoms with Crippen molar-refractivity contribution in [2.45, 2.75) is 13.0 Å². The number of aromatic amines is 1. The van der Waals surface area contributed by atoms with Crippen molar-refractivity contribution in [3.63, 3.8) is 0 Å². The second-order valence-electron chi connectivity index (χ2n) is 5.33. The molecule has 6 nitrogen and oxygen atoms in total.